The number of benzene rings is 1. The molecule has 2 aliphatic rings. The normalized spacial score (nSPS) is 22.8. The third kappa shape index (κ3) is 6.19. The maximum atomic E-state index is 13.9. The second-order valence-electron chi connectivity index (χ2n) is 10.1. The average Bonchev–Trinajstić information content (AvgIpc) is 3.39. The van der Waals surface area contributed by atoms with Gasteiger partial charge >= 0.3 is 0 Å². The molecule has 7 heteroatoms. The number of ether oxygens (including phenoxy) is 1. The zero-order valence-corrected chi connectivity index (χ0v) is 19.3. The second kappa shape index (κ2) is 8.85. The standard InChI is InChI=1S/C23H34FNO4S/c1-23(2,3)15-22(26)25-10-7-16(8-11-25)19-13-17(19)9-12-29-18-5-6-21(20(24)14-18)30(4,27)28/h5-6,14,16-17,19H,7-13,15H2,1-4H3/t17-,19-/m1/s1. The Morgan fingerprint density at radius 3 is 2.47 bits per heavy atom. The molecule has 1 saturated heterocycles. The molecule has 1 aromatic rings. The quantitative estimate of drug-likeness (QED) is 0.635. The number of hydrogen-bond donors (Lipinski definition) is 0. The van der Waals surface area contributed by atoms with E-state index in [9.17, 15) is 17.6 Å². The van der Waals surface area contributed by atoms with Crippen molar-refractivity contribution in [2.75, 3.05) is 26.0 Å². The summed E-state index contributed by atoms with van der Waals surface area (Å²) in [5.74, 6) is 1.88. The maximum Gasteiger partial charge on any atom is 0.223 e. The van der Waals surface area contributed by atoms with E-state index in [0.717, 1.165) is 44.7 Å². The predicted octanol–water partition coefficient (Wildman–Crippen LogP) is 4.31. The largest absolute Gasteiger partial charge is 0.493 e. The Morgan fingerprint density at radius 1 is 1.23 bits per heavy atom. The Kier molecular flexibility index (Phi) is 6.80. The van der Waals surface area contributed by atoms with E-state index < -0.39 is 15.7 Å². The van der Waals surface area contributed by atoms with Crippen LogP contribution in [-0.4, -0.2) is 45.2 Å². The van der Waals surface area contributed by atoms with Crippen LogP contribution < -0.4 is 4.74 Å². The fourth-order valence-electron chi connectivity index (χ4n) is 4.52. The summed E-state index contributed by atoms with van der Waals surface area (Å²) < 4.78 is 42.5. The van der Waals surface area contributed by atoms with Crippen molar-refractivity contribution < 1.29 is 22.3 Å². The van der Waals surface area contributed by atoms with Gasteiger partial charge in [-0.05, 0) is 61.0 Å². The first-order valence-electron chi connectivity index (χ1n) is 10.8. The fraction of sp³-hybridized carbons (Fsp3) is 0.696. The van der Waals surface area contributed by atoms with Gasteiger partial charge in [-0.25, -0.2) is 12.8 Å². The number of piperidine rings is 1. The van der Waals surface area contributed by atoms with E-state index in [0.29, 0.717) is 36.5 Å². The molecule has 0 radical (unpaired) electrons. The van der Waals surface area contributed by atoms with Crippen molar-refractivity contribution in [2.24, 2.45) is 23.2 Å². The van der Waals surface area contributed by atoms with Gasteiger partial charge in [-0.1, -0.05) is 20.8 Å². The zero-order chi connectivity index (χ0) is 22.1. The lowest BCUT2D eigenvalue weighted by molar-refractivity contribution is -0.134. The lowest BCUT2D eigenvalue weighted by atomic mass is 9.88. The van der Waals surface area contributed by atoms with E-state index in [1.165, 1.54) is 18.6 Å². The molecule has 0 N–H and O–H groups in total. The minimum absolute atomic E-state index is 0.0313. The summed E-state index contributed by atoms with van der Waals surface area (Å²) in [5.41, 5.74) is 0.0313. The van der Waals surface area contributed by atoms with Gasteiger partial charge in [0.25, 0.3) is 0 Å². The summed E-state index contributed by atoms with van der Waals surface area (Å²) in [6.07, 6.45) is 5.87. The molecule has 1 aromatic carbocycles. The topological polar surface area (TPSA) is 63.7 Å². The monoisotopic (exact) mass is 439 g/mol. The van der Waals surface area contributed by atoms with Gasteiger partial charge in [0.2, 0.25) is 5.91 Å². The van der Waals surface area contributed by atoms with Crippen LogP contribution in [0.4, 0.5) is 4.39 Å². The van der Waals surface area contributed by atoms with Gasteiger partial charge in [0.1, 0.15) is 16.5 Å². The molecule has 3 rings (SSSR count). The smallest absolute Gasteiger partial charge is 0.223 e. The average molecular weight is 440 g/mol. The Balaban J connectivity index is 1.38. The van der Waals surface area contributed by atoms with Gasteiger partial charge in [0.05, 0.1) is 6.61 Å². The molecule has 5 nitrogen and oxygen atoms in total. The molecule has 0 bridgehead atoms. The van der Waals surface area contributed by atoms with Gasteiger partial charge in [-0.2, -0.15) is 0 Å². The van der Waals surface area contributed by atoms with Crippen molar-refractivity contribution in [2.45, 2.75) is 57.8 Å². The molecule has 1 heterocycles. The number of rotatable bonds is 7. The fourth-order valence-corrected chi connectivity index (χ4v) is 5.25. The second-order valence-corrected chi connectivity index (χ2v) is 12.1. The Labute approximate surface area is 179 Å². The summed E-state index contributed by atoms with van der Waals surface area (Å²) >= 11 is 0. The third-order valence-electron chi connectivity index (χ3n) is 6.22. The number of amides is 1. The van der Waals surface area contributed by atoms with E-state index >= 15 is 0 Å². The molecule has 1 amide bonds. The molecule has 30 heavy (non-hydrogen) atoms. The van der Waals surface area contributed by atoms with Crippen molar-refractivity contribution in [3.63, 3.8) is 0 Å². The van der Waals surface area contributed by atoms with Crippen molar-refractivity contribution >= 4 is 15.7 Å². The first-order chi connectivity index (χ1) is 13.9. The lowest BCUT2D eigenvalue weighted by Gasteiger charge is -2.34. The summed E-state index contributed by atoms with van der Waals surface area (Å²) in [6, 6.07) is 3.91. The van der Waals surface area contributed by atoms with Crippen LogP contribution in [0.3, 0.4) is 0 Å². The van der Waals surface area contributed by atoms with Crippen LogP contribution in [0.25, 0.3) is 0 Å². The highest BCUT2D eigenvalue weighted by Crippen LogP contribution is 2.49. The molecular weight excluding hydrogens is 405 g/mol. The number of likely N-dealkylation sites (tertiary alicyclic amines) is 1. The summed E-state index contributed by atoms with van der Waals surface area (Å²) in [4.78, 5) is 14.1. The summed E-state index contributed by atoms with van der Waals surface area (Å²) in [5, 5.41) is 0. The lowest BCUT2D eigenvalue weighted by Crippen LogP contribution is -2.40. The minimum Gasteiger partial charge on any atom is -0.493 e. The van der Waals surface area contributed by atoms with Crippen LogP contribution in [0.1, 0.15) is 52.9 Å². The maximum absolute atomic E-state index is 13.9. The molecular formula is C23H34FNO4S. The SMILES string of the molecule is CC(C)(C)CC(=O)N1CCC([C@H]2C[C@H]2CCOc2ccc(S(C)(=O)=O)c(F)c2)CC1. The van der Waals surface area contributed by atoms with Crippen LogP contribution in [0.15, 0.2) is 23.1 Å². The molecule has 2 fully saturated rings. The van der Waals surface area contributed by atoms with Crippen molar-refractivity contribution in [3.8, 4) is 5.75 Å². The van der Waals surface area contributed by atoms with Gasteiger partial charge in [0, 0.05) is 31.8 Å². The highest BCUT2D eigenvalue weighted by Gasteiger charge is 2.43. The van der Waals surface area contributed by atoms with Crippen molar-refractivity contribution in [3.05, 3.63) is 24.0 Å². The minimum atomic E-state index is -3.57. The van der Waals surface area contributed by atoms with E-state index in [2.05, 4.69) is 20.8 Å². The third-order valence-corrected chi connectivity index (χ3v) is 7.35. The van der Waals surface area contributed by atoms with Crippen LogP contribution >= 0.6 is 0 Å². The number of nitrogens with zero attached hydrogens (tertiary/aromatic N) is 1. The summed E-state index contributed by atoms with van der Waals surface area (Å²) in [6.45, 7) is 8.53. The highest BCUT2D eigenvalue weighted by molar-refractivity contribution is 7.90. The van der Waals surface area contributed by atoms with Crippen LogP contribution in [0.5, 0.6) is 5.75 Å². The first-order valence-corrected chi connectivity index (χ1v) is 12.7. The Hall–Kier alpha value is -1.63. The molecule has 0 unspecified atom stereocenters. The predicted molar refractivity (Wildman–Crippen MR) is 115 cm³/mol. The molecule has 0 spiro atoms. The van der Waals surface area contributed by atoms with Gasteiger partial charge in [0.15, 0.2) is 9.84 Å². The number of carbonyl (C=O) groups is 1. The Morgan fingerprint density at radius 2 is 1.90 bits per heavy atom. The number of sulfone groups is 1. The molecule has 1 saturated carbocycles. The van der Waals surface area contributed by atoms with E-state index in [4.69, 9.17) is 4.74 Å². The van der Waals surface area contributed by atoms with Crippen molar-refractivity contribution in [1.82, 2.24) is 4.90 Å². The molecule has 1 aliphatic carbocycles. The van der Waals surface area contributed by atoms with Gasteiger partial charge < -0.3 is 9.64 Å². The highest BCUT2D eigenvalue weighted by atomic mass is 32.2. The van der Waals surface area contributed by atoms with Crippen LogP contribution in [0, 0.1) is 29.0 Å². The van der Waals surface area contributed by atoms with Gasteiger partial charge in [-0.3, -0.25) is 4.79 Å². The van der Waals surface area contributed by atoms with E-state index in [1.54, 1.807) is 0 Å². The summed E-state index contributed by atoms with van der Waals surface area (Å²) in [7, 11) is -3.57. The Bertz CT molecular complexity index is 870. The molecule has 2 atom stereocenters. The number of hydrogen-bond acceptors (Lipinski definition) is 4. The molecule has 0 aromatic heterocycles. The van der Waals surface area contributed by atoms with Crippen LogP contribution in [0.2, 0.25) is 0 Å². The molecule has 168 valence electrons. The number of carbonyl (C=O) groups excluding carboxylic acids is 1. The van der Waals surface area contributed by atoms with Crippen LogP contribution in [-0.2, 0) is 14.6 Å². The van der Waals surface area contributed by atoms with Gasteiger partial charge in [-0.15, -0.1) is 0 Å². The first kappa shape index (κ1) is 23.0. The molecule has 1 aliphatic heterocycles. The van der Waals surface area contributed by atoms with E-state index in [-0.39, 0.29) is 16.2 Å². The zero-order valence-electron chi connectivity index (χ0n) is 18.5. The van der Waals surface area contributed by atoms with Crippen molar-refractivity contribution in [1.29, 1.82) is 0 Å². The van der Waals surface area contributed by atoms with E-state index in [1.807, 2.05) is 4.90 Å². The number of halogens is 1.